The average Bonchev–Trinajstić information content (AvgIpc) is 3.32. The number of hydrogen-bond acceptors (Lipinski definition) is 5. The summed E-state index contributed by atoms with van der Waals surface area (Å²) < 4.78 is 14.0. The molecule has 1 aliphatic rings. The summed E-state index contributed by atoms with van der Waals surface area (Å²) in [6, 6.07) is 23.9. The van der Waals surface area contributed by atoms with Crippen molar-refractivity contribution in [2.75, 3.05) is 11.9 Å². The van der Waals surface area contributed by atoms with Gasteiger partial charge in [0.15, 0.2) is 0 Å². The van der Waals surface area contributed by atoms with E-state index in [0.717, 1.165) is 39.7 Å². The first-order chi connectivity index (χ1) is 14.2. The maximum Gasteiger partial charge on any atom is 0.519 e. The van der Waals surface area contributed by atoms with Crippen LogP contribution in [0, 0.1) is 0 Å². The molecule has 0 fully saturated rings. The monoisotopic (exact) mass is 382 g/mol. The zero-order chi connectivity index (χ0) is 19.8. The van der Waals surface area contributed by atoms with Crippen LogP contribution in [0.4, 0.5) is 5.69 Å². The average molecular weight is 382 g/mol. The molecular weight excluding hydrogens is 363 g/mol. The number of ether oxygens (including phenoxy) is 1. The van der Waals surface area contributed by atoms with Crippen LogP contribution in [0.2, 0.25) is 0 Å². The summed E-state index contributed by atoms with van der Waals surface area (Å²) in [7, 11) is 3.71. The first-order valence-electron chi connectivity index (χ1n) is 9.40. The largest absolute Gasteiger partial charge is 0.536 e. The second kappa shape index (κ2) is 7.02. The smallest absolute Gasteiger partial charge is 0.519 e. The number of aryl methyl sites for hydroxylation is 1. The Kier molecular flexibility index (Phi) is 4.20. The Morgan fingerprint density at radius 2 is 1.69 bits per heavy atom. The predicted octanol–water partition coefficient (Wildman–Crippen LogP) is 3.50. The third-order valence-corrected chi connectivity index (χ3v) is 4.95. The van der Waals surface area contributed by atoms with E-state index in [0.29, 0.717) is 0 Å². The first kappa shape index (κ1) is 17.4. The minimum atomic E-state index is -0.179. The summed E-state index contributed by atoms with van der Waals surface area (Å²) in [5.41, 5.74) is 3.89. The van der Waals surface area contributed by atoms with Crippen molar-refractivity contribution in [3.63, 3.8) is 0 Å². The SMILES string of the molecule is CN1B(c2cccc(Oc3cccc(-c4cn(C)nn4)c3)c2)Oc2ccccc21. The van der Waals surface area contributed by atoms with Gasteiger partial charge in [-0.2, -0.15) is 0 Å². The lowest BCUT2D eigenvalue weighted by molar-refractivity contribution is 0.483. The zero-order valence-electron chi connectivity index (χ0n) is 16.2. The van der Waals surface area contributed by atoms with Crippen LogP contribution >= 0.6 is 0 Å². The molecule has 0 saturated heterocycles. The number of benzene rings is 3. The lowest BCUT2D eigenvalue weighted by Crippen LogP contribution is -2.47. The highest BCUT2D eigenvalue weighted by atomic mass is 16.5. The number of nitrogens with zero attached hydrogens (tertiary/aromatic N) is 4. The molecule has 0 unspecified atom stereocenters. The van der Waals surface area contributed by atoms with Crippen LogP contribution in [0.15, 0.2) is 79.0 Å². The molecule has 0 radical (unpaired) electrons. The van der Waals surface area contributed by atoms with Gasteiger partial charge in [-0.3, -0.25) is 4.68 Å². The molecule has 6 nitrogen and oxygen atoms in total. The molecule has 5 rings (SSSR count). The van der Waals surface area contributed by atoms with Gasteiger partial charge in [-0.25, -0.2) is 0 Å². The number of fused-ring (bicyclic) bond motifs is 1. The molecule has 0 bridgehead atoms. The Morgan fingerprint density at radius 1 is 0.897 bits per heavy atom. The molecule has 4 aromatic rings. The Labute approximate surface area is 169 Å². The van der Waals surface area contributed by atoms with Crippen LogP contribution in [-0.4, -0.2) is 29.1 Å². The molecule has 0 N–H and O–H groups in total. The van der Waals surface area contributed by atoms with Gasteiger partial charge in [-0.05, 0) is 48.9 Å². The molecule has 0 atom stereocenters. The van der Waals surface area contributed by atoms with E-state index in [1.807, 2.05) is 81.0 Å². The van der Waals surface area contributed by atoms with E-state index in [9.17, 15) is 0 Å². The van der Waals surface area contributed by atoms with E-state index in [2.05, 4.69) is 27.3 Å². The van der Waals surface area contributed by atoms with E-state index in [4.69, 9.17) is 9.39 Å². The molecule has 1 aromatic heterocycles. The highest BCUT2D eigenvalue weighted by Crippen LogP contribution is 2.34. The van der Waals surface area contributed by atoms with Gasteiger partial charge in [0.25, 0.3) is 0 Å². The second-order valence-electron chi connectivity index (χ2n) is 7.03. The van der Waals surface area contributed by atoms with Crippen molar-refractivity contribution in [3.8, 4) is 28.5 Å². The lowest BCUT2D eigenvalue weighted by atomic mass is 9.72. The Hall–Kier alpha value is -3.74. The lowest BCUT2D eigenvalue weighted by Gasteiger charge is -2.17. The molecule has 0 spiro atoms. The third-order valence-electron chi connectivity index (χ3n) is 4.95. The topological polar surface area (TPSA) is 52.4 Å². The molecule has 3 aromatic carbocycles. The van der Waals surface area contributed by atoms with Crippen LogP contribution in [-0.2, 0) is 7.05 Å². The van der Waals surface area contributed by atoms with Gasteiger partial charge in [0.1, 0.15) is 22.9 Å². The van der Waals surface area contributed by atoms with Gasteiger partial charge in [0, 0.05) is 12.6 Å². The summed E-state index contributed by atoms with van der Waals surface area (Å²) in [4.78, 5) is 2.13. The van der Waals surface area contributed by atoms with Crippen LogP contribution < -0.4 is 19.7 Å². The van der Waals surface area contributed by atoms with Crippen molar-refractivity contribution >= 4 is 18.2 Å². The quantitative estimate of drug-likeness (QED) is 0.506. The van der Waals surface area contributed by atoms with E-state index < -0.39 is 0 Å². The highest BCUT2D eigenvalue weighted by Gasteiger charge is 2.35. The van der Waals surface area contributed by atoms with Crippen molar-refractivity contribution in [1.82, 2.24) is 15.0 Å². The Balaban J connectivity index is 1.39. The van der Waals surface area contributed by atoms with E-state index in [-0.39, 0.29) is 7.05 Å². The first-order valence-corrected chi connectivity index (χ1v) is 9.40. The Morgan fingerprint density at radius 3 is 2.48 bits per heavy atom. The van der Waals surface area contributed by atoms with E-state index in [1.54, 1.807) is 4.68 Å². The standard InChI is InChI=1S/C22H19BN4O2/c1-26-15-20(24-25-26)16-7-5-9-18(13-16)28-19-10-6-8-17(14-19)23-27(2)21-11-3-4-12-22(21)29-23/h3-15H,1-2H3. The third kappa shape index (κ3) is 3.31. The van der Waals surface area contributed by atoms with Gasteiger partial charge in [-0.1, -0.05) is 41.6 Å². The molecule has 7 heteroatoms. The summed E-state index contributed by atoms with van der Waals surface area (Å²) in [5.74, 6) is 2.39. The van der Waals surface area contributed by atoms with Gasteiger partial charge in [-0.15, -0.1) is 5.10 Å². The fourth-order valence-electron chi connectivity index (χ4n) is 3.53. The molecule has 2 heterocycles. The minimum Gasteiger partial charge on any atom is -0.536 e. The number of anilines is 1. The van der Waals surface area contributed by atoms with Gasteiger partial charge in [0.2, 0.25) is 0 Å². The fourth-order valence-corrected chi connectivity index (χ4v) is 3.53. The van der Waals surface area contributed by atoms with Crippen molar-refractivity contribution in [2.45, 2.75) is 0 Å². The zero-order valence-corrected chi connectivity index (χ0v) is 16.2. The summed E-state index contributed by atoms with van der Waals surface area (Å²) >= 11 is 0. The maximum absolute atomic E-state index is 6.14. The predicted molar refractivity (Wildman–Crippen MR) is 114 cm³/mol. The van der Waals surface area contributed by atoms with Gasteiger partial charge in [0.05, 0.1) is 11.9 Å². The van der Waals surface area contributed by atoms with E-state index >= 15 is 0 Å². The van der Waals surface area contributed by atoms with Crippen molar-refractivity contribution < 1.29 is 9.39 Å². The minimum absolute atomic E-state index is 0.179. The number of hydrogen-bond donors (Lipinski definition) is 0. The van der Waals surface area contributed by atoms with Crippen LogP contribution in [0.1, 0.15) is 0 Å². The molecule has 29 heavy (non-hydrogen) atoms. The molecule has 0 aliphatic carbocycles. The number of para-hydroxylation sites is 2. The molecule has 142 valence electrons. The molecular formula is C22H19BN4O2. The Bertz CT molecular complexity index is 1180. The molecule has 0 amide bonds. The fraction of sp³-hybridized carbons (Fsp3) is 0.0909. The molecule has 0 saturated carbocycles. The summed E-state index contributed by atoms with van der Waals surface area (Å²) in [6.07, 6.45) is 1.88. The summed E-state index contributed by atoms with van der Waals surface area (Å²) in [6.45, 7) is 0. The van der Waals surface area contributed by atoms with Crippen molar-refractivity contribution in [3.05, 3.63) is 79.0 Å². The van der Waals surface area contributed by atoms with E-state index in [1.165, 1.54) is 0 Å². The number of aromatic nitrogens is 3. The van der Waals surface area contributed by atoms with Gasteiger partial charge >= 0.3 is 7.05 Å². The van der Waals surface area contributed by atoms with Crippen LogP contribution in [0.25, 0.3) is 11.3 Å². The van der Waals surface area contributed by atoms with Crippen molar-refractivity contribution in [2.24, 2.45) is 7.05 Å². The summed E-state index contributed by atoms with van der Waals surface area (Å²) in [5, 5.41) is 8.16. The maximum atomic E-state index is 6.14. The second-order valence-corrected chi connectivity index (χ2v) is 7.03. The normalized spacial score (nSPS) is 12.6. The molecule has 1 aliphatic heterocycles. The van der Waals surface area contributed by atoms with Gasteiger partial charge < -0.3 is 14.2 Å². The number of rotatable bonds is 4. The van der Waals surface area contributed by atoms with Crippen molar-refractivity contribution in [1.29, 1.82) is 0 Å². The van der Waals surface area contributed by atoms with Crippen LogP contribution in [0.3, 0.4) is 0 Å². The highest BCUT2D eigenvalue weighted by molar-refractivity contribution is 6.73. The van der Waals surface area contributed by atoms with Crippen LogP contribution in [0.5, 0.6) is 17.2 Å².